The molecule has 2 aromatic carbocycles. The number of carbonyl (C=O) groups is 1. The van der Waals surface area contributed by atoms with Crippen molar-refractivity contribution in [2.24, 2.45) is 0 Å². The van der Waals surface area contributed by atoms with Crippen LogP contribution in [0.5, 0.6) is 0 Å². The van der Waals surface area contributed by atoms with Crippen molar-refractivity contribution in [2.45, 2.75) is 19.5 Å². The van der Waals surface area contributed by atoms with E-state index in [9.17, 15) is 9.18 Å². The highest BCUT2D eigenvalue weighted by Gasteiger charge is 2.23. The molecule has 1 amide bonds. The molecule has 0 bridgehead atoms. The minimum absolute atomic E-state index is 0.130. The molecule has 0 spiro atoms. The maximum absolute atomic E-state index is 14.2. The van der Waals surface area contributed by atoms with Gasteiger partial charge in [0.2, 0.25) is 0 Å². The second kappa shape index (κ2) is 10.4. The van der Waals surface area contributed by atoms with Crippen molar-refractivity contribution >= 4 is 11.6 Å². The number of nitrogens with zero attached hydrogens (tertiary/aromatic N) is 3. The van der Waals surface area contributed by atoms with E-state index in [1.807, 2.05) is 37.3 Å². The van der Waals surface area contributed by atoms with Crippen LogP contribution in [0.25, 0.3) is 0 Å². The number of morpholine rings is 1. The quantitative estimate of drug-likeness (QED) is 0.749. The fraction of sp³-hybridized carbons (Fsp3) is 0.480. The molecule has 2 aromatic rings. The van der Waals surface area contributed by atoms with Gasteiger partial charge in [0.25, 0.3) is 5.91 Å². The molecule has 2 saturated heterocycles. The van der Waals surface area contributed by atoms with Crippen LogP contribution in [-0.4, -0.2) is 75.2 Å². The second-order valence-corrected chi connectivity index (χ2v) is 8.73. The van der Waals surface area contributed by atoms with E-state index in [1.54, 1.807) is 6.07 Å². The zero-order chi connectivity index (χ0) is 22.5. The summed E-state index contributed by atoms with van der Waals surface area (Å²) in [5, 5.41) is 3.12. The Labute approximate surface area is 189 Å². The van der Waals surface area contributed by atoms with Gasteiger partial charge in [0.05, 0.1) is 19.3 Å². The van der Waals surface area contributed by atoms with E-state index in [2.05, 4.69) is 27.1 Å². The molecule has 2 aliphatic rings. The Kier molecular flexibility index (Phi) is 7.40. The minimum Gasteiger partial charge on any atom is -0.379 e. The summed E-state index contributed by atoms with van der Waals surface area (Å²) in [7, 11) is 2.11. The standard InChI is InChI=1S/C25H33FN4O2/c1-19(23-17-21(26)7-8-24(23)30-11-9-28(2)10-12-30)27-25(31)22-6-4-3-5-20(22)18-29-13-15-32-16-14-29/h3-8,17,19H,9-16,18H2,1-2H3,(H,27,31)/t19-/m1/s1. The monoisotopic (exact) mass is 440 g/mol. The summed E-state index contributed by atoms with van der Waals surface area (Å²) in [6.45, 7) is 9.52. The fourth-order valence-corrected chi connectivity index (χ4v) is 4.44. The Bertz CT molecular complexity index is 924. The van der Waals surface area contributed by atoms with Crippen LogP contribution in [0.15, 0.2) is 42.5 Å². The molecule has 172 valence electrons. The number of likely N-dealkylation sites (N-methyl/N-ethyl adjacent to an activating group) is 1. The Balaban J connectivity index is 1.50. The fourth-order valence-electron chi connectivity index (χ4n) is 4.44. The van der Waals surface area contributed by atoms with Gasteiger partial charge >= 0.3 is 0 Å². The van der Waals surface area contributed by atoms with Crippen molar-refractivity contribution in [1.82, 2.24) is 15.1 Å². The van der Waals surface area contributed by atoms with Crippen molar-refractivity contribution in [3.05, 3.63) is 65.0 Å². The summed E-state index contributed by atoms with van der Waals surface area (Å²) >= 11 is 0. The van der Waals surface area contributed by atoms with Crippen LogP contribution in [0.4, 0.5) is 10.1 Å². The summed E-state index contributed by atoms with van der Waals surface area (Å²) in [4.78, 5) is 20.1. The molecule has 7 heteroatoms. The number of benzene rings is 2. The van der Waals surface area contributed by atoms with E-state index in [1.165, 1.54) is 6.07 Å². The third-order valence-corrected chi connectivity index (χ3v) is 6.41. The average molecular weight is 441 g/mol. The van der Waals surface area contributed by atoms with Crippen LogP contribution in [0, 0.1) is 5.82 Å². The lowest BCUT2D eigenvalue weighted by atomic mass is 10.0. The zero-order valence-electron chi connectivity index (χ0n) is 19.0. The topological polar surface area (TPSA) is 48.1 Å². The summed E-state index contributed by atoms with van der Waals surface area (Å²) in [6.07, 6.45) is 0. The molecule has 2 fully saturated rings. The Morgan fingerprint density at radius 3 is 2.53 bits per heavy atom. The number of ether oxygens (including phenoxy) is 1. The van der Waals surface area contributed by atoms with Gasteiger partial charge in [-0.2, -0.15) is 0 Å². The molecule has 2 aliphatic heterocycles. The minimum atomic E-state index is -0.315. The molecule has 32 heavy (non-hydrogen) atoms. The maximum atomic E-state index is 14.2. The summed E-state index contributed by atoms with van der Waals surface area (Å²) < 4.78 is 19.6. The first-order chi connectivity index (χ1) is 15.5. The van der Waals surface area contributed by atoms with Gasteiger partial charge < -0.3 is 19.9 Å². The van der Waals surface area contributed by atoms with Crippen LogP contribution in [0.2, 0.25) is 0 Å². The third kappa shape index (κ3) is 5.46. The molecule has 0 radical (unpaired) electrons. The van der Waals surface area contributed by atoms with E-state index >= 15 is 0 Å². The van der Waals surface area contributed by atoms with Crippen molar-refractivity contribution in [1.29, 1.82) is 0 Å². The molecule has 6 nitrogen and oxygen atoms in total. The van der Waals surface area contributed by atoms with E-state index in [-0.39, 0.29) is 17.8 Å². The van der Waals surface area contributed by atoms with Crippen molar-refractivity contribution < 1.29 is 13.9 Å². The Morgan fingerprint density at radius 1 is 1.06 bits per heavy atom. The maximum Gasteiger partial charge on any atom is 0.252 e. The number of amides is 1. The van der Waals surface area contributed by atoms with Gasteiger partial charge in [-0.15, -0.1) is 0 Å². The van der Waals surface area contributed by atoms with Gasteiger partial charge in [-0.3, -0.25) is 9.69 Å². The highest BCUT2D eigenvalue weighted by Crippen LogP contribution is 2.29. The summed E-state index contributed by atoms with van der Waals surface area (Å²) in [5.41, 5.74) is 3.48. The molecule has 1 atom stereocenters. The lowest BCUT2D eigenvalue weighted by Crippen LogP contribution is -2.45. The largest absolute Gasteiger partial charge is 0.379 e. The van der Waals surface area contributed by atoms with Crippen LogP contribution in [-0.2, 0) is 11.3 Å². The molecular weight excluding hydrogens is 407 g/mol. The van der Waals surface area contributed by atoms with Crippen molar-refractivity contribution in [3.8, 4) is 0 Å². The smallest absolute Gasteiger partial charge is 0.252 e. The molecule has 4 rings (SSSR count). The Hall–Kier alpha value is -2.48. The van der Waals surface area contributed by atoms with Gasteiger partial charge in [-0.25, -0.2) is 4.39 Å². The average Bonchev–Trinajstić information content (AvgIpc) is 2.80. The molecule has 1 N–H and O–H groups in total. The first-order valence-corrected chi connectivity index (χ1v) is 11.4. The van der Waals surface area contributed by atoms with E-state index in [0.717, 1.165) is 69.3 Å². The van der Waals surface area contributed by atoms with Crippen LogP contribution >= 0.6 is 0 Å². The zero-order valence-corrected chi connectivity index (χ0v) is 19.0. The first-order valence-electron chi connectivity index (χ1n) is 11.4. The van der Waals surface area contributed by atoms with E-state index in [0.29, 0.717) is 12.1 Å². The summed E-state index contributed by atoms with van der Waals surface area (Å²) in [6, 6.07) is 12.3. The highest BCUT2D eigenvalue weighted by molar-refractivity contribution is 5.96. The highest BCUT2D eigenvalue weighted by atomic mass is 19.1. The lowest BCUT2D eigenvalue weighted by Gasteiger charge is -2.36. The number of anilines is 1. The number of hydrogen-bond donors (Lipinski definition) is 1. The second-order valence-electron chi connectivity index (χ2n) is 8.73. The predicted octanol–water partition coefficient (Wildman–Crippen LogP) is 2.90. The van der Waals surface area contributed by atoms with Gasteiger partial charge in [-0.05, 0) is 43.8 Å². The molecular formula is C25H33FN4O2. The number of nitrogens with one attached hydrogen (secondary N) is 1. The predicted molar refractivity (Wildman–Crippen MR) is 125 cm³/mol. The first kappa shape index (κ1) is 22.7. The van der Waals surface area contributed by atoms with Crippen molar-refractivity contribution in [3.63, 3.8) is 0 Å². The van der Waals surface area contributed by atoms with Crippen molar-refractivity contribution in [2.75, 3.05) is 64.4 Å². The van der Waals surface area contributed by atoms with E-state index < -0.39 is 0 Å². The van der Waals surface area contributed by atoms with Gasteiger partial charge in [0.15, 0.2) is 0 Å². The molecule has 0 saturated carbocycles. The number of carbonyl (C=O) groups excluding carboxylic acids is 1. The molecule has 0 aliphatic carbocycles. The van der Waals surface area contributed by atoms with E-state index in [4.69, 9.17) is 4.74 Å². The number of halogens is 1. The normalized spacial score (nSPS) is 19.0. The number of hydrogen-bond acceptors (Lipinski definition) is 5. The molecule has 2 heterocycles. The molecule has 0 aromatic heterocycles. The van der Waals surface area contributed by atoms with Crippen LogP contribution in [0.1, 0.15) is 34.5 Å². The third-order valence-electron chi connectivity index (χ3n) is 6.41. The van der Waals surface area contributed by atoms with Gasteiger partial charge in [-0.1, -0.05) is 18.2 Å². The summed E-state index contributed by atoms with van der Waals surface area (Å²) in [5.74, 6) is -0.415. The number of piperazine rings is 1. The molecule has 0 unspecified atom stereocenters. The lowest BCUT2D eigenvalue weighted by molar-refractivity contribution is 0.0340. The van der Waals surface area contributed by atoms with Gasteiger partial charge in [0, 0.05) is 62.6 Å². The Morgan fingerprint density at radius 2 is 1.78 bits per heavy atom. The SMILES string of the molecule is C[C@@H](NC(=O)c1ccccc1CN1CCOCC1)c1cc(F)ccc1N1CCN(C)CC1. The number of rotatable bonds is 6. The van der Waals surface area contributed by atoms with Gasteiger partial charge in [0.1, 0.15) is 5.82 Å². The van der Waals surface area contributed by atoms with Crippen LogP contribution < -0.4 is 10.2 Å². The van der Waals surface area contributed by atoms with Crippen LogP contribution in [0.3, 0.4) is 0 Å².